The number of hydrogen-bond donors (Lipinski definition) is 0. The maximum atomic E-state index is 4.83. The summed E-state index contributed by atoms with van der Waals surface area (Å²) in [5.41, 5.74) is 0. The van der Waals surface area contributed by atoms with Gasteiger partial charge in [-0.15, -0.1) is 0 Å². The molecule has 0 aliphatic carbocycles. The van der Waals surface area contributed by atoms with Crippen LogP contribution in [0.3, 0.4) is 0 Å². The third kappa shape index (κ3) is 28.9. The molecule has 0 unspecified atom stereocenters. The molecule has 0 rings (SSSR count). The first-order valence-corrected chi connectivity index (χ1v) is 14.1. The zero-order valence-corrected chi connectivity index (χ0v) is 19.1. The summed E-state index contributed by atoms with van der Waals surface area (Å²) in [5, 5.41) is 0. The van der Waals surface area contributed by atoms with Gasteiger partial charge in [-0.3, -0.25) is 0 Å². The molecule has 2 radical (unpaired) electrons. The van der Waals surface area contributed by atoms with Crippen LogP contribution in [0, 0.1) is 0 Å². The predicted molar refractivity (Wildman–Crippen MR) is 104 cm³/mol. The maximum Gasteiger partial charge on any atom is 0.0437 e. The molecule has 0 amide bonds. The van der Waals surface area contributed by atoms with Crippen molar-refractivity contribution in [3.63, 3.8) is 0 Å². The van der Waals surface area contributed by atoms with Gasteiger partial charge in [-0.1, -0.05) is 0 Å². The Hall–Kier alpha value is 0.759. The smallest absolute Gasteiger partial charge is 0.0437 e. The van der Waals surface area contributed by atoms with Crippen molar-refractivity contribution in [1.82, 2.24) is 0 Å². The van der Waals surface area contributed by atoms with E-state index in [2.05, 4.69) is 13.8 Å². The average molecular weight is 419 g/mol. The Kier molecular flexibility index (Phi) is 30.3. The van der Waals surface area contributed by atoms with E-state index in [1.807, 2.05) is 13.8 Å². The van der Waals surface area contributed by atoms with Crippen molar-refractivity contribution in [2.45, 2.75) is 114 Å². The molecule has 0 N–H and O–H groups in total. The second-order valence-electron chi connectivity index (χ2n) is 6.07. The summed E-state index contributed by atoms with van der Waals surface area (Å²) in [4.78, 5) is 0. The predicted octanol–water partition coefficient (Wildman–Crippen LogP) is 7.29. The number of hydrogen-bond acceptors (Lipinski definition) is 1. The Balaban J connectivity index is 0. The monoisotopic (exact) mass is 420 g/mol. The van der Waals surface area contributed by atoms with Gasteiger partial charge in [0.25, 0.3) is 0 Å². The molecule has 22 heavy (non-hydrogen) atoms. The van der Waals surface area contributed by atoms with Crippen LogP contribution in [0.15, 0.2) is 0 Å². The molecule has 0 aliphatic heterocycles. The van der Waals surface area contributed by atoms with Crippen LogP contribution >= 0.6 is 0 Å². The summed E-state index contributed by atoms with van der Waals surface area (Å²) in [7, 11) is 0. The summed E-state index contributed by atoms with van der Waals surface area (Å²) in [5.74, 6) is 0. The molecular weight excluding hydrogens is 375 g/mol. The molecule has 2 heteroatoms. The molecule has 0 heterocycles. The molecule has 134 valence electrons. The largest absolute Gasteiger partial charge is 0.382 e. The van der Waals surface area contributed by atoms with Crippen molar-refractivity contribution >= 4 is 21.1 Å². The van der Waals surface area contributed by atoms with Crippen molar-refractivity contribution in [2.75, 3.05) is 13.2 Å². The van der Waals surface area contributed by atoms with Crippen molar-refractivity contribution in [3.8, 4) is 0 Å². The van der Waals surface area contributed by atoms with E-state index in [-0.39, 0.29) is 21.1 Å². The van der Waals surface area contributed by atoms with E-state index < -0.39 is 0 Å². The van der Waals surface area contributed by atoms with E-state index in [9.17, 15) is 0 Å². The van der Waals surface area contributed by atoms with Crippen LogP contribution in [0.5, 0.6) is 0 Å². The molecule has 0 atom stereocenters. The van der Waals surface area contributed by atoms with Gasteiger partial charge in [0.2, 0.25) is 0 Å². The SMILES string of the molecule is CCCCCCC[CH2][Sn][CH2]CCCCCCC.CCOCC. The summed E-state index contributed by atoms with van der Waals surface area (Å²) < 4.78 is 8.15. The summed E-state index contributed by atoms with van der Waals surface area (Å²) in [6, 6.07) is 0. The molecule has 0 aliphatic rings. The number of unbranched alkanes of at least 4 members (excludes halogenated alkanes) is 10. The fourth-order valence-electron chi connectivity index (χ4n) is 2.39. The van der Waals surface area contributed by atoms with E-state index >= 15 is 0 Å². The molecule has 0 saturated carbocycles. The number of rotatable bonds is 16. The molecule has 1 nitrogen and oxygen atoms in total. The molecule has 0 aromatic carbocycles. The molecule has 0 aromatic rings. The van der Waals surface area contributed by atoms with E-state index in [0.717, 1.165) is 13.2 Å². The molecule has 0 aromatic heterocycles. The van der Waals surface area contributed by atoms with E-state index in [1.165, 1.54) is 64.2 Å². The summed E-state index contributed by atoms with van der Waals surface area (Å²) in [6.07, 6.45) is 17.8. The van der Waals surface area contributed by atoms with Crippen LogP contribution in [0.25, 0.3) is 0 Å². The Morgan fingerprint density at radius 2 is 0.864 bits per heavy atom. The quantitative estimate of drug-likeness (QED) is 0.189. The summed E-state index contributed by atoms with van der Waals surface area (Å²) in [6.45, 7) is 10.3. The maximum absolute atomic E-state index is 4.83. The van der Waals surface area contributed by atoms with Crippen molar-refractivity contribution < 1.29 is 4.74 Å². The van der Waals surface area contributed by atoms with Gasteiger partial charge in [0.1, 0.15) is 0 Å². The van der Waals surface area contributed by atoms with Crippen LogP contribution in [0.4, 0.5) is 0 Å². The second kappa shape index (κ2) is 26.6. The minimum absolute atomic E-state index is 0.0736. The van der Waals surface area contributed by atoms with E-state index in [4.69, 9.17) is 4.74 Å². The zero-order valence-electron chi connectivity index (χ0n) is 16.2. The minimum atomic E-state index is 0.0736. The Morgan fingerprint density at radius 1 is 0.500 bits per heavy atom. The van der Waals surface area contributed by atoms with Gasteiger partial charge in [0, 0.05) is 13.2 Å². The van der Waals surface area contributed by atoms with Crippen LogP contribution in [-0.4, -0.2) is 34.4 Å². The van der Waals surface area contributed by atoms with E-state index in [0.29, 0.717) is 0 Å². The van der Waals surface area contributed by atoms with Crippen molar-refractivity contribution in [3.05, 3.63) is 0 Å². The Labute approximate surface area is 152 Å². The summed E-state index contributed by atoms with van der Waals surface area (Å²) >= 11 is 0.0736. The molecular formula is C20H44OSn. The average Bonchev–Trinajstić information content (AvgIpc) is 2.53. The number of ether oxygens (including phenoxy) is 1. The Morgan fingerprint density at radius 3 is 1.18 bits per heavy atom. The first kappa shape index (κ1) is 25.0. The van der Waals surface area contributed by atoms with Gasteiger partial charge in [-0.2, -0.15) is 0 Å². The van der Waals surface area contributed by atoms with Gasteiger partial charge in [-0.25, -0.2) is 0 Å². The van der Waals surface area contributed by atoms with Crippen LogP contribution in [-0.2, 0) is 4.74 Å². The van der Waals surface area contributed by atoms with Gasteiger partial charge < -0.3 is 4.74 Å². The molecule has 0 fully saturated rings. The van der Waals surface area contributed by atoms with Gasteiger partial charge in [0.05, 0.1) is 0 Å². The zero-order chi connectivity index (χ0) is 16.7. The fraction of sp³-hybridized carbons (Fsp3) is 1.00. The van der Waals surface area contributed by atoms with Gasteiger partial charge >= 0.3 is 121 Å². The third-order valence-corrected chi connectivity index (χ3v) is 7.86. The Bertz CT molecular complexity index is 146. The minimum Gasteiger partial charge on any atom is -0.382 e. The van der Waals surface area contributed by atoms with Crippen molar-refractivity contribution in [1.29, 1.82) is 0 Å². The van der Waals surface area contributed by atoms with Crippen molar-refractivity contribution in [2.24, 2.45) is 0 Å². The fourth-order valence-corrected chi connectivity index (χ4v) is 5.96. The van der Waals surface area contributed by atoms with Crippen LogP contribution in [0.2, 0.25) is 8.87 Å². The topological polar surface area (TPSA) is 9.23 Å². The van der Waals surface area contributed by atoms with Gasteiger partial charge in [-0.05, 0) is 13.8 Å². The van der Waals surface area contributed by atoms with Crippen LogP contribution in [0.1, 0.15) is 105 Å². The first-order chi connectivity index (χ1) is 10.8. The van der Waals surface area contributed by atoms with Gasteiger partial charge in [0.15, 0.2) is 0 Å². The molecule has 0 saturated heterocycles. The second-order valence-corrected chi connectivity index (χ2v) is 10.3. The first-order valence-electron chi connectivity index (χ1n) is 10.1. The van der Waals surface area contributed by atoms with E-state index in [1.54, 1.807) is 21.7 Å². The third-order valence-electron chi connectivity index (χ3n) is 3.82. The molecule has 0 bridgehead atoms. The normalized spacial score (nSPS) is 10.4. The van der Waals surface area contributed by atoms with Crippen LogP contribution < -0.4 is 0 Å². The standard InChI is InChI=1S/2C8H17.C4H10O.Sn/c2*1-3-5-7-8-6-4-2;1-3-5-4-2;/h2*1,3-8H2,2H3;3-4H2,1-2H3;. The molecule has 0 spiro atoms.